The fourth-order valence-corrected chi connectivity index (χ4v) is 4.29. The minimum atomic E-state index is -0.516. The van der Waals surface area contributed by atoms with Crippen molar-refractivity contribution >= 4 is 52.6 Å². The third-order valence-electron chi connectivity index (χ3n) is 3.98. The molecule has 0 atom stereocenters. The molecule has 4 aromatic rings. The number of anilines is 1. The molecule has 1 aromatic carbocycles. The number of rotatable bonds is 7. The Bertz CT molecular complexity index is 1230. The molecular weight excluding hydrogens is 460 g/mol. The standard InChI is InChI=1S/C18H15ClN8O2S2/c1-10-2-5-13(31-10)8-21-23-18(28)15-14(9-30-12-6-3-11(19)4-7-12)27(26-22-15)17-16(20)24-29-25-17/h2-8H,9H2,1H3,(H2,20,24)(H,23,28). The number of nitrogens with one attached hydrogen (secondary N) is 1. The zero-order chi connectivity index (χ0) is 21.8. The van der Waals surface area contributed by atoms with Gasteiger partial charge >= 0.3 is 0 Å². The number of aryl methyl sites for hydroxylation is 1. The van der Waals surface area contributed by atoms with E-state index in [4.69, 9.17) is 17.3 Å². The molecule has 0 aliphatic carbocycles. The molecule has 0 saturated heterocycles. The van der Waals surface area contributed by atoms with E-state index in [2.05, 4.69) is 35.8 Å². The summed E-state index contributed by atoms with van der Waals surface area (Å²) in [5.41, 5.74) is 8.82. The number of aromatic nitrogens is 5. The number of carbonyl (C=O) groups is 1. The van der Waals surface area contributed by atoms with Gasteiger partial charge in [-0.05, 0) is 53.6 Å². The van der Waals surface area contributed by atoms with Crippen molar-refractivity contribution in [2.45, 2.75) is 17.6 Å². The van der Waals surface area contributed by atoms with Crippen LogP contribution in [0, 0.1) is 6.92 Å². The number of amides is 1. The van der Waals surface area contributed by atoms with E-state index >= 15 is 0 Å². The van der Waals surface area contributed by atoms with E-state index in [1.54, 1.807) is 29.7 Å². The van der Waals surface area contributed by atoms with E-state index in [1.807, 2.05) is 31.2 Å². The van der Waals surface area contributed by atoms with Crippen LogP contribution in [0.4, 0.5) is 5.82 Å². The topological polar surface area (TPSA) is 137 Å². The molecule has 1 amide bonds. The van der Waals surface area contributed by atoms with Gasteiger partial charge in [0.2, 0.25) is 11.6 Å². The lowest BCUT2D eigenvalue weighted by Crippen LogP contribution is -2.20. The van der Waals surface area contributed by atoms with Gasteiger partial charge in [0.15, 0.2) is 5.69 Å². The summed E-state index contributed by atoms with van der Waals surface area (Å²) in [6.07, 6.45) is 1.57. The average Bonchev–Trinajstić information content (AvgIpc) is 3.47. The van der Waals surface area contributed by atoms with Crippen LogP contribution in [-0.4, -0.2) is 37.4 Å². The molecule has 0 saturated carbocycles. The largest absolute Gasteiger partial charge is 0.378 e. The quantitative estimate of drug-likeness (QED) is 0.236. The van der Waals surface area contributed by atoms with Gasteiger partial charge < -0.3 is 5.73 Å². The molecular formula is C18H15ClN8O2S2. The van der Waals surface area contributed by atoms with Gasteiger partial charge in [-0.1, -0.05) is 16.8 Å². The average molecular weight is 475 g/mol. The van der Waals surface area contributed by atoms with Crippen molar-refractivity contribution in [3.63, 3.8) is 0 Å². The molecule has 10 nitrogen and oxygen atoms in total. The van der Waals surface area contributed by atoms with Crippen molar-refractivity contribution in [1.82, 2.24) is 30.7 Å². The lowest BCUT2D eigenvalue weighted by Gasteiger charge is -2.06. The molecule has 31 heavy (non-hydrogen) atoms. The van der Waals surface area contributed by atoms with Crippen LogP contribution in [0.15, 0.2) is 51.0 Å². The van der Waals surface area contributed by atoms with Gasteiger partial charge in [0, 0.05) is 25.4 Å². The molecule has 13 heteroatoms. The van der Waals surface area contributed by atoms with Crippen LogP contribution >= 0.6 is 34.7 Å². The predicted molar refractivity (Wildman–Crippen MR) is 119 cm³/mol. The maximum Gasteiger partial charge on any atom is 0.293 e. The predicted octanol–water partition coefficient (Wildman–Crippen LogP) is 3.31. The summed E-state index contributed by atoms with van der Waals surface area (Å²) >= 11 is 8.97. The van der Waals surface area contributed by atoms with Crippen molar-refractivity contribution in [3.05, 3.63) is 62.6 Å². The van der Waals surface area contributed by atoms with Gasteiger partial charge in [-0.3, -0.25) is 4.79 Å². The second-order valence-electron chi connectivity index (χ2n) is 6.16. The summed E-state index contributed by atoms with van der Waals surface area (Å²) in [4.78, 5) is 15.7. The number of hydrazone groups is 1. The van der Waals surface area contributed by atoms with Gasteiger partial charge in [-0.2, -0.15) is 9.78 Å². The van der Waals surface area contributed by atoms with E-state index < -0.39 is 5.91 Å². The normalized spacial score (nSPS) is 11.3. The molecule has 3 heterocycles. The molecule has 158 valence electrons. The third kappa shape index (κ3) is 4.93. The smallest absolute Gasteiger partial charge is 0.293 e. The molecule has 0 aliphatic heterocycles. The minimum absolute atomic E-state index is 0.0284. The molecule has 0 unspecified atom stereocenters. The third-order valence-corrected chi connectivity index (χ3v) is 6.19. The minimum Gasteiger partial charge on any atom is -0.378 e. The molecule has 0 radical (unpaired) electrons. The molecule has 4 rings (SSSR count). The van der Waals surface area contributed by atoms with Crippen LogP contribution in [-0.2, 0) is 5.75 Å². The molecule has 0 spiro atoms. The number of hydrogen-bond donors (Lipinski definition) is 2. The van der Waals surface area contributed by atoms with Gasteiger partial charge in [0.1, 0.15) is 0 Å². The van der Waals surface area contributed by atoms with Crippen LogP contribution in [0.1, 0.15) is 25.9 Å². The Morgan fingerprint density at radius 2 is 2.13 bits per heavy atom. The number of thiophene rings is 1. The maximum absolute atomic E-state index is 12.7. The molecule has 3 N–H and O–H groups in total. The van der Waals surface area contributed by atoms with Gasteiger partial charge in [-0.25, -0.2) is 10.1 Å². The number of hydrogen-bond acceptors (Lipinski definition) is 10. The first kappa shape index (κ1) is 21.0. The van der Waals surface area contributed by atoms with Crippen molar-refractivity contribution in [3.8, 4) is 5.82 Å². The van der Waals surface area contributed by atoms with Crippen molar-refractivity contribution in [2.24, 2.45) is 5.10 Å². The SMILES string of the molecule is Cc1ccc(C=NNC(=O)c2nnn(-c3nonc3N)c2CSc2ccc(Cl)cc2)s1. The summed E-state index contributed by atoms with van der Waals surface area (Å²) in [7, 11) is 0. The maximum atomic E-state index is 12.7. The Kier molecular flexibility index (Phi) is 6.30. The number of nitrogens with zero attached hydrogens (tertiary/aromatic N) is 6. The van der Waals surface area contributed by atoms with E-state index in [0.717, 1.165) is 14.6 Å². The number of carbonyl (C=O) groups excluding carboxylic acids is 1. The molecule has 0 aliphatic rings. The van der Waals surface area contributed by atoms with Crippen molar-refractivity contribution in [1.29, 1.82) is 0 Å². The monoisotopic (exact) mass is 474 g/mol. The van der Waals surface area contributed by atoms with E-state index in [-0.39, 0.29) is 17.3 Å². The molecule has 0 bridgehead atoms. The Morgan fingerprint density at radius 1 is 1.32 bits per heavy atom. The highest BCUT2D eigenvalue weighted by atomic mass is 35.5. The van der Waals surface area contributed by atoms with Crippen LogP contribution in [0.25, 0.3) is 5.82 Å². The second-order valence-corrected chi connectivity index (χ2v) is 8.96. The summed E-state index contributed by atoms with van der Waals surface area (Å²) in [6, 6.07) is 11.2. The van der Waals surface area contributed by atoms with Crippen LogP contribution in [0.2, 0.25) is 5.02 Å². The van der Waals surface area contributed by atoms with Crippen molar-refractivity contribution in [2.75, 3.05) is 5.73 Å². The van der Waals surface area contributed by atoms with E-state index in [9.17, 15) is 4.79 Å². The lowest BCUT2D eigenvalue weighted by atomic mass is 10.3. The van der Waals surface area contributed by atoms with Crippen LogP contribution in [0.5, 0.6) is 0 Å². The first-order valence-corrected chi connectivity index (χ1v) is 11.0. The van der Waals surface area contributed by atoms with Crippen molar-refractivity contribution < 1.29 is 9.42 Å². The second kappa shape index (κ2) is 9.29. The summed E-state index contributed by atoms with van der Waals surface area (Å²) in [5.74, 6) is 0.00589. The Balaban J connectivity index is 1.58. The number of benzene rings is 1. The van der Waals surface area contributed by atoms with E-state index in [0.29, 0.717) is 16.5 Å². The zero-order valence-corrected chi connectivity index (χ0v) is 18.4. The van der Waals surface area contributed by atoms with Gasteiger partial charge in [-0.15, -0.1) is 28.2 Å². The fraction of sp³-hybridized carbons (Fsp3) is 0.111. The Labute approximate surface area is 189 Å². The highest BCUT2D eigenvalue weighted by Gasteiger charge is 2.24. The number of nitrogen functional groups attached to an aromatic ring is 1. The van der Waals surface area contributed by atoms with Gasteiger partial charge in [0.25, 0.3) is 5.91 Å². The Morgan fingerprint density at radius 3 is 2.81 bits per heavy atom. The first-order valence-electron chi connectivity index (χ1n) is 8.82. The lowest BCUT2D eigenvalue weighted by molar-refractivity contribution is 0.0949. The van der Waals surface area contributed by atoms with Crippen LogP contribution in [0.3, 0.4) is 0 Å². The number of thioether (sulfide) groups is 1. The Hall–Kier alpha value is -3.22. The highest BCUT2D eigenvalue weighted by Crippen LogP contribution is 2.27. The fourth-order valence-electron chi connectivity index (χ4n) is 2.53. The van der Waals surface area contributed by atoms with Crippen LogP contribution < -0.4 is 11.2 Å². The highest BCUT2D eigenvalue weighted by molar-refractivity contribution is 7.98. The van der Waals surface area contributed by atoms with Gasteiger partial charge in [0.05, 0.1) is 11.9 Å². The number of nitrogens with two attached hydrogens (primary N) is 1. The zero-order valence-electron chi connectivity index (χ0n) is 16.0. The number of halogens is 1. The van der Waals surface area contributed by atoms with E-state index in [1.165, 1.54) is 16.4 Å². The molecule has 0 fully saturated rings. The molecule has 3 aromatic heterocycles. The summed E-state index contributed by atoms with van der Waals surface area (Å²) in [6.45, 7) is 1.99. The summed E-state index contributed by atoms with van der Waals surface area (Å²) in [5, 5.41) is 20.0. The summed E-state index contributed by atoms with van der Waals surface area (Å²) < 4.78 is 5.99. The first-order chi connectivity index (χ1) is 15.0.